The zero-order chi connectivity index (χ0) is 15.2. The van der Waals surface area contributed by atoms with Gasteiger partial charge in [-0.3, -0.25) is 4.79 Å². The number of rotatable bonds is 6. The van der Waals surface area contributed by atoms with E-state index in [9.17, 15) is 9.90 Å². The van der Waals surface area contributed by atoms with Gasteiger partial charge in [0.1, 0.15) is 5.75 Å². The van der Waals surface area contributed by atoms with Crippen LogP contribution in [0.15, 0.2) is 18.2 Å². The van der Waals surface area contributed by atoms with E-state index in [1.54, 1.807) is 25.3 Å². The predicted octanol–water partition coefficient (Wildman–Crippen LogP) is 1.30. The summed E-state index contributed by atoms with van der Waals surface area (Å²) in [6, 6.07) is 5.17. The number of methoxy groups -OCH3 is 1. The summed E-state index contributed by atoms with van der Waals surface area (Å²) >= 11 is 5.92. The van der Waals surface area contributed by atoms with Gasteiger partial charge in [0.2, 0.25) is 5.91 Å². The van der Waals surface area contributed by atoms with E-state index in [1.807, 2.05) is 0 Å². The minimum Gasteiger partial charge on any atom is -0.495 e. The number of amides is 1. The summed E-state index contributed by atoms with van der Waals surface area (Å²) in [6.45, 7) is 1.88. The van der Waals surface area contributed by atoms with Crippen LogP contribution in [0.25, 0.3) is 0 Å². The average molecular weight is 387 g/mol. The Labute approximate surface area is 153 Å². The normalized spacial score (nSPS) is 19.3. The molecule has 0 aliphatic carbocycles. The first kappa shape index (κ1) is 22.1. The van der Waals surface area contributed by atoms with Crippen molar-refractivity contribution in [2.45, 2.75) is 6.10 Å². The van der Waals surface area contributed by atoms with Crippen LogP contribution >= 0.6 is 36.4 Å². The van der Waals surface area contributed by atoms with Gasteiger partial charge in [0.15, 0.2) is 0 Å². The Balaban J connectivity index is 0.00000242. The lowest BCUT2D eigenvalue weighted by Crippen LogP contribution is -2.37. The molecular formula is C14H22Cl3N3O3. The molecule has 1 aromatic carbocycles. The Kier molecular flexibility index (Phi) is 10.3. The molecule has 23 heavy (non-hydrogen) atoms. The quantitative estimate of drug-likeness (QED) is 0.592. The number of carbonyl (C=O) groups excluding carboxylic acids is 1. The van der Waals surface area contributed by atoms with Crippen LogP contribution in [0, 0.1) is 5.92 Å². The van der Waals surface area contributed by atoms with Gasteiger partial charge in [0.25, 0.3) is 0 Å². The number of hydrogen-bond donors (Lipinski definition) is 4. The molecule has 1 saturated heterocycles. The van der Waals surface area contributed by atoms with E-state index >= 15 is 0 Å². The van der Waals surface area contributed by atoms with Crippen LogP contribution in [-0.2, 0) is 4.79 Å². The minimum atomic E-state index is -0.397. The lowest BCUT2D eigenvalue weighted by atomic mass is 10.1. The Hall–Kier alpha value is -0.920. The third-order valence-electron chi connectivity index (χ3n) is 3.47. The molecule has 1 fully saturated rings. The summed E-state index contributed by atoms with van der Waals surface area (Å²) in [4.78, 5) is 11.8. The second-order valence-corrected chi connectivity index (χ2v) is 5.42. The fourth-order valence-corrected chi connectivity index (χ4v) is 2.40. The molecule has 6 nitrogen and oxygen atoms in total. The fourth-order valence-electron chi connectivity index (χ4n) is 2.23. The number of hydrogen-bond acceptors (Lipinski definition) is 5. The molecule has 0 radical (unpaired) electrons. The number of halogens is 3. The summed E-state index contributed by atoms with van der Waals surface area (Å²) < 4.78 is 5.19. The maximum absolute atomic E-state index is 11.8. The first-order valence-corrected chi connectivity index (χ1v) is 7.21. The number of aliphatic hydroxyl groups is 1. The van der Waals surface area contributed by atoms with Crippen molar-refractivity contribution in [2.24, 2.45) is 5.92 Å². The molecule has 0 saturated carbocycles. The summed E-state index contributed by atoms with van der Waals surface area (Å²) in [5.41, 5.74) is 0.669. The maximum atomic E-state index is 11.8. The molecule has 0 aromatic heterocycles. The number of anilines is 1. The minimum absolute atomic E-state index is 0. The Morgan fingerprint density at radius 2 is 2.17 bits per heavy atom. The second kappa shape index (κ2) is 10.8. The van der Waals surface area contributed by atoms with Crippen LogP contribution in [0.1, 0.15) is 0 Å². The molecule has 1 amide bonds. The highest BCUT2D eigenvalue weighted by Gasteiger charge is 2.24. The fraction of sp³-hybridized carbons (Fsp3) is 0.500. The smallest absolute Gasteiger partial charge is 0.239 e. The molecular weight excluding hydrogens is 365 g/mol. The van der Waals surface area contributed by atoms with Crippen molar-refractivity contribution in [2.75, 3.05) is 38.6 Å². The third kappa shape index (κ3) is 6.61. The number of β-amino-alcohol motifs (C(OH)–C–C–N with tert-alkyl or cyclic N) is 1. The maximum Gasteiger partial charge on any atom is 0.239 e. The van der Waals surface area contributed by atoms with Gasteiger partial charge in [-0.15, -0.1) is 24.8 Å². The van der Waals surface area contributed by atoms with Gasteiger partial charge in [0.05, 0.1) is 25.4 Å². The van der Waals surface area contributed by atoms with E-state index in [2.05, 4.69) is 16.0 Å². The highest BCUT2D eigenvalue weighted by atomic mass is 35.5. The molecule has 4 N–H and O–H groups in total. The van der Waals surface area contributed by atoms with E-state index < -0.39 is 6.10 Å². The van der Waals surface area contributed by atoms with Crippen molar-refractivity contribution in [3.05, 3.63) is 23.2 Å². The van der Waals surface area contributed by atoms with Crippen molar-refractivity contribution in [1.29, 1.82) is 0 Å². The van der Waals surface area contributed by atoms with Crippen molar-refractivity contribution in [3.8, 4) is 5.75 Å². The first-order valence-electron chi connectivity index (χ1n) is 6.83. The van der Waals surface area contributed by atoms with E-state index in [0.29, 0.717) is 29.5 Å². The molecule has 0 spiro atoms. The van der Waals surface area contributed by atoms with Gasteiger partial charge in [0, 0.05) is 30.6 Å². The van der Waals surface area contributed by atoms with Crippen LogP contribution in [0.5, 0.6) is 5.75 Å². The largest absolute Gasteiger partial charge is 0.495 e. The monoisotopic (exact) mass is 385 g/mol. The molecule has 1 heterocycles. The van der Waals surface area contributed by atoms with E-state index in [-0.39, 0.29) is 43.2 Å². The van der Waals surface area contributed by atoms with Crippen molar-refractivity contribution < 1.29 is 14.6 Å². The lowest BCUT2D eigenvalue weighted by Gasteiger charge is -2.15. The zero-order valence-corrected chi connectivity index (χ0v) is 15.1. The zero-order valence-electron chi connectivity index (χ0n) is 12.7. The Morgan fingerprint density at radius 3 is 2.78 bits per heavy atom. The summed E-state index contributed by atoms with van der Waals surface area (Å²) in [5.74, 6) is 0.549. The first-order chi connectivity index (χ1) is 10.1. The van der Waals surface area contributed by atoms with Gasteiger partial charge < -0.3 is 25.8 Å². The van der Waals surface area contributed by atoms with Crippen molar-refractivity contribution in [1.82, 2.24) is 10.6 Å². The number of nitrogens with one attached hydrogen (secondary N) is 3. The summed E-state index contributed by atoms with van der Waals surface area (Å²) in [5, 5.41) is 19.1. The van der Waals surface area contributed by atoms with Crippen LogP contribution < -0.4 is 20.7 Å². The van der Waals surface area contributed by atoms with E-state index in [1.165, 1.54) is 0 Å². The summed E-state index contributed by atoms with van der Waals surface area (Å²) in [6.07, 6.45) is -0.397. The molecule has 9 heteroatoms. The standard InChI is InChI=1S/C14H20ClN3O3.2ClH/c1-21-13-3-2-10(15)4-11(13)17-8-14(20)18-6-9-5-16-7-12(9)19;;/h2-4,9,12,16-17,19H,5-8H2,1H3,(H,18,20);2*1H. The number of carbonyl (C=O) groups is 1. The molecule has 2 rings (SSSR count). The summed E-state index contributed by atoms with van der Waals surface area (Å²) in [7, 11) is 1.56. The van der Waals surface area contributed by atoms with Gasteiger partial charge in [-0.05, 0) is 18.2 Å². The molecule has 132 valence electrons. The topological polar surface area (TPSA) is 82.6 Å². The Bertz CT molecular complexity index is 505. The lowest BCUT2D eigenvalue weighted by molar-refractivity contribution is -0.119. The molecule has 1 aliphatic rings. The SMILES string of the molecule is COc1ccc(Cl)cc1NCC(=O)NCC1CNCC1O.Cl.Cl. The number of benzene rings is 1. The van der Waals surface area contributed by atoms with Crippen molar-refractivity contribution in [3.63, 3.8) is 0 Å². The molecule has 0 bridgehead atoms. The molecule has 2 unspecified atom stereocenters. The highest BCUT2D eigenvalue weighted by molar-refractivity contribution is 6.30. The number of aliphatic hydroxyl groups excluding tert-OH is 1. The van der Waals surface area contributed by atoms with Crippen molar-refractivity contribution >= 4 is 48.0 Å². The molecule has 2 atom stereocenters. The number of ether oxygens (including phenoxy) is 1. The van der Waals surface area contributed by atoms with Crippen LogP contribution in [-0.4, -0.2) is 50.4 Å². The molecule has 1 aromatic rings. The highest BCUT2D eigenvalue weighted by Crippen LogP contribution is 2.27. The van der Waals surface area contributed by atoms with E-state index in [4.69, 9.17) is 16.3 Å². The molecule has 1 aliphatic heterocycles. The third-order valence-corrected chi connectivity index (χ3v) is 3.70. The van der Waals surface area contributed by atoms with E-state index in [0.717, 1.165) is 6.54 Å². The average Bonchev–Trinajstić information content (AvgIpc) is 2.88. The Morgan fingerprint density at radius 1 is 1.43 bits per heavy atom. The second-order valence-electron chi connectivity index (χ2n) is 4.99. The van der Waals surface area contributed by atoms with Gasteiger partial charge in [-0.25, -0.2) is 0 Å². The van der Waals surface area contributed by atoms with Gasteiger partial charge >= 0.3 is 0 Å². The predicted molar refractivity (Wildman–Crippen MR) is 96.4 cm³/mol. The van der Waals surface area contributed by atoms with Gasteiger partial charge in [-0.1, -0.05) is 11.6 Å². The van der Waals surface area contributed by atoms with Crippen LogP contribution in [0.4, 0.5) is 5.69 Å². The van der Waals surface area contributed by atoms with Crippen LogP contribution in [0.2, 0.25) is 5.02 Å². The van der Waals surface area contributed by atoms with Crippen LogP contribution in [0.3, 0.4) is 0 Å². The van der Waals surface area contributed by atoms with Gasteiger partial charge in [-0.2, -0.15) is 0 Å².